The van der Waals surface area contributed by atoms with Crippen LogP contribution in [0.3, 0.4) is 0 Å². The van der Waals surface area contributed by atoms with E-state index in [0.29, 0.717) is 22.4 Å². The lowest BCUT2D eigenvalue weighted by Gasteiger charge is -2.02. The fraction of sp³-hybridized carbons (Fsp3) is 0.176. The summed E-state index contributed by atoms with van der Waals surface area (Å²) in [6.45, 7) is 0.745. The summed E-state index contributed by atoms with van der Waals surface area (Å²) in [7, 11) is 0. The molecule has 4 rings (SSSR count). The predicted octanol–water partition coefficient (Wildman–Crippen LogP) is 4.58. The molecule has 0 aliphatic carbocycles. The lowest BCUT2D eigenvalue weighted by Crippen LogP contribution is -2.04. The maximum Gasteiger partial charge on any atom is 0.209 e. The van der Waals surface area contributed by atoms with E-state index in [1.165, 1.54) is 16.6 Å². The molecule has 4 aromatic rings. The van der Waals surface area contributed by atoms with Gasteiger partial charge in [0.05, 0.1) is 18.5 Å². The number of nitrogens with zero attached hydrogens (tertiary/aromatic N) is 5. The maximum absolute atomic E-state index is 6.02. The third-order valence-electron chi connectivity index (χ3n) is 3.64. The summed E-state index contributed by atoms with van der Waals surface area (Å²) in [5.74, 6) is 1.87. The van der Waals surface area contributed by atoms with Gasteiger partial charge in [-0.25, -0.2) is 9.67 Å². The zero-order chi connectivity index (χ0) is 17.8. The number of hydrogen-bond acceptors (Lipinski definition) is 7. The molecular formula is C17H14ClN5OS2. The molecule has 0 aliphatic heterocycles. The molecular weight excluding hydrogens is 390 g/mol. The Kier molecular flexibility index (Phi) is 5.33. The van der Waals surface area contributed by atoms with E-state index >= 15 is 0 Å². The standard InChI is InChI=1S/C17H14ClN5OS2/c18-13-4-1-3-12(9-13)15-10-19-16(24-15)11-26-17-20-21-22-23(17)7-6-14-5-2-8-25-14/h1-5,8-10H,6-7,11H2. The van der Waals surface area contributed by atoms with Crippen LogP contribution in [0.25, 0.3) is 11.3 Å². The number of thioether (sulfide) groups is 1. The molecule has 9 heteroatoms. The summed E-state index contributed by atoms with van der Waals surface area (Å²) in [5.41, 5.74) is 0.905. The molecule has 0 bridgehead atoms. The van der Waals surface area contributed by atoms with Crippen molar-refractivity contribution in [2.75, 3.05) is 0 Å². The van der Waals surface area contributed by atoms with Gasteiger partial charge in [-0.2, -0.15) is 0 Å². The van der Waals surface area contributed by atoms with E-state index in [9.17, 15) is 0 Å². The van der Waals surface area contributed by atoms with Crippen molar-refractivity contribution in [1.82, 2.24) is 25.2 Å². The number of benzene rings is 1. The molecule has 0 N–H and O–H groups in total. The van der Waals surface area contributed by atoms with Crippen molar-refractivity contribution >= 4 is 34.7 Å². The van der Waals surface area contributed by atoms with Crippen molar-refractivity contribution in [3.8, 4) is 11.3 Å². The fourth-order valence-corrected chi connectivity index (χ4v) is 4.04. The highest BCUT2D eigenvalue weighted by Gasteiger charge is 2.11. The van der Waals surface area contributed by atoms with E-state index in [0.717, 1.165) is 23.7 Å². The lowest BCUT2D eigenvalue weighted by molar-refractivity contribution is 0.527. The highest BCUT2D eigenvalue weighted by Crippen LogP contribution is 2.26. The SMILES string of the molecule is Clc1cccc(-c2cnc(CSc3nnnn3CCc3cccs3)o2)c1. The van der Waals surface area contributed by atoms with Gasteiger partial charge in [-0.05, 0) is 34.0 Å². The molecule has 0 saturated heterocycles. The summed E-state index contributed by atoms with van der Waals surface area (Å²) in [6, 6.07) is 11.7. The number of oxazole rings is 1. The van der Waals surface area contributed by atoms with Crippen LogP contribution in [-0.2, 0) is 18.7 Å². The van der Waals surface area contributed by atoms with Gasteiger partial charge in [0.1, 0.15) is 0 Å². The first kappa shape index (κ1) is 17.3. The minimum absolute atomic E-state index is 0.555. The largest absolute Gasteiger partial charge is 0.440 e. The van der Waals surface area contributed by atoms with Crippen molar-refractivity contribution in [3.63, 3.8) is 0 Å². The Morgan fingerprint density at radius 1 is 1.23 bits per heavy atom. The highest BCUT2D eigenvalue weighted by atomic mass is 35.5. The summed E-state index contributed by atoms with van der Waals surface area (Å²) in [4.78, 5) is 5.65. The quantitative estimate of drug-likeness (QED) is 0.421. The van der Waals surface area contributed by atoms with Gasteiger partial charge < -0.3 is 4.42 Å². The maximum atomic E-state index is 6.02. The first-order valence-electron chi connectivity index (χ1n) is 7.90. The molecule has 1 aromatic carbocycles. The van der Waals surface area contributed by atoms with Crippen LogP contribution in [-0.4, -0.2) is 25.2 Å². The molecule has 0 unspecified atom stereocenters. The van der Waals surface area contributed by atoms with Crippen molar-refractivity contribution in [2.24, 2.45) is 0 Å². The zero-order valence-corrected chi connectivity index (χ0v) is 16.0. The van der Waals surface area contributed by atoms with Crippen LogP contribution >= 0.6 is 34.7 Å². The van der Waals surface area contributed by atoms with Gasteiger partial charge >= 0.3 is 0 Å². The van der Waals surface area contributed by atoms with Crippen LogP contribution in [0.2, 0.25) is 5.02 Å². The molecule has 0 spiro atoms. The monoisotopic (exact) mass is 403 g/mol. The van der Waals surface area contributed by atoms with Crippen LogP contribution in [0, 0.1) is 0 Å². The number of tetrazole rings is 1. The van der Waals surface area contributed by atoms with Gasteiger partial charge in [-0.3, -0.25) is 0 Å². The Balaban J connectivity index is 1.38. The van der Waals surface area contributed by atoms with E-state index in [2.05, 4.69) is 38.0 Å². The lowest BCUT2D eigenvalue weighted by atomic mass is 10.2. The molecule has 132 valence electrons. The van der Waals surface area contributed by atoms with E-state index in [4.69, 9.17) is 16.0 Å². The molecule has 26 heavy (non-hydrogen) atoms. The second-order valence-electron chi connectivity index (χ2n) is 5.43. The second kappa shape index (κ2) is 8.03. The molecule has 0 aliphatic rings. The van der Waals surface area contributed by atoms with Crippen molar-refractivity contribution in [2.45, 2.75) is 23.9 Å². The molecule has 0 saturated carbocycles. The first-order valence-corrected chi connectivity index (χ1v) is 10.1. The summed E-state index contributed by atoms with van der Waals surface area (Å²) < 4.78 is 7.63. The summed E-state index contributed by atoms with van der Waals surface area (Å²) >= 11 is 9.27. The molecule has 0 amide bonds. The Bertz CT molecular complexity index is 983. The average Bonchev–Trinajstić information content (AvgIpc) is 3.39. The van der Waals surface area contributed by atoms with Crippen LogP contribution in [0.5, 0.6) is 0 Å². The first-order chi connectivity index (χ1) is 12.8. The number of halogens is 1. The van der Waals surface area contributed by atoms with Crippen molar-refractivity contribution in [3.05, 3.63) is 63.8 Å². The van der Waals surface area contributed by atoms with Gasteiger partial charge in [0.2, 0.25) is 11.0 Å². The van der Waals surface area contributed by atoms with E-state index in [1.807, 2.05) is 28.9 Å². The van der Waals surface area contributed by atoms with Crippen molar-refractivity contribution < 1.29 is 4.42 Å². The number of hydrogen-bond donors (Lipinski definition) is 0. The van der Waals surface area contributed by atoms with E-state index < -0.39 is 0 Å². The Morgan fingerprint density at radius 2 is 2.19 bits per heavy atom. The van der Waals surface area contributed by atoms with Gasteiger partial charge in [-0.15, -0.1) is 16.4 Å². The predicted molar refractivity (Wildman–Crippen MR) is 102 cm³/mol. The number of aryl methyl sites for hydroxylation is 2. The van der Waals surface area contributed by atoms with Crippen LogP contribution in [0.15, 0.2) is 57.5 Å². The smallest absolute Gasteiger partial charge is 0.209 e. The Morgan fingerprint density at radius 3 is 3.04 bits per heavy atom. The molecule has 6 nitrogen and oxygen atoms in total. The second-order valence-corrected chi connectivity index (χ2v) is 7.84. The minimum Gasteiger partial charge on any atom is -0.440 e. The van der Waals surface area contributed by atoms with Gasteiger partial charge in [-0.1, -0.05) is 41.6 Å². The third kappa shape index (κ3) is 4.14. The average molecular weight is 404 g/mol. The highest BCUT2D eigenvalue weighted by molar-refractivity contribution is 7.98. The van der Waals surface area contributed by atoms with Gasteiger partial charge in [0.25, 0.3) is 0 Å². The van der Waals surface area contributed by atoms with Crippen LogP contribution in [0.4, 0.5) is 0 Å². The molecule has 0 atom stereocenters. The summed E-state index contributed by atoms with van der Waals surface area (Å²) in [6.07, 6.45) is 2.62. The van der Waals surface area contributed by atoms with Gasteiger partial charge in [0, 0.05) is 21.9 Å². The van der Waals surface area contributed by atoms with Crippen molar-refractivity contribution in [1.29, 1.82) is 0 Å². The Hall–Kier alpha value is -2.16. The van der Waals surface area contributed by atoms with Gasteiger partial charge in [0.15, 0.2) is 5.76 Å². The van der Waals surface area contributed by atoms with Crippen LogP contribution < -0.4 is 0 Å². The normalized spacial score (nSPS) is 11.1. The molecule has 3 heterocycles. The number of thiophene rings is 1. The van der Waals surface area contributed by atoms with E-state index in [-0.39, 0.29) is 0 Å². The topological polar surface area (TPSA) is 69.6 Å². The van der Waals surface area contributed by atoms with E-state index in [1.54, 1.807) is 17.5 Å². The zero-order valence-electron chi connectivity index (χ0n) is 13.6. The molecule has 0 fully saturated rings. The van der Waals surface area contributed by atoms with Crippen LogP contribution in [0.1, 0.15) is 10.8 Å². The minimum atomic E-state index is 0.555. The third-order valence-corrected chi connectivity index (χ3v) is 5.75. The number of aromatic nitrogens is 5. The summed E-state index contributed by atoms with van der Waals surface area (Å²) in [5, 5.41) is 15.4. The molecule has 0 radical (unpaired) electrons. The Labute approximate surface area is 163 Å². The number of rotatable bonds is 7. The molecule has 3 aromatic heterocycles. The fourth-order valence-electron chi connectivity index (χ4n) is 2.39.